The highest BCUT2D eigenvalue weighted by molar-refractivity contribution is 7.99. The second-order valence-electron chi connectivity index (χ2n) is 6.10. The number of benzene rings is 1. The molecule has 0 radical (unpaired) electrons. The molecule has 23 heavy (non-hydrogen) atoms. The van der Waals surface area contributed by atoms with E-state index in [1.165, 1.54) is 10.6 Å². The van der Waals surface area contributed by atoms with E-state index in [0.717, 1.165) is 29.3 Å². The van der Waals surface area contributed by atoms with E-state index in [-0.39, 0.29) is 11.8 Å². The molecule has 1 amide bonds. The highest BCUT2D eigenvalue weighted by Crippen LogP contribution is 2.35. The van der Waals surface area contributed by atoms with Gasteiger partial charge in [0.25, 0.3) is 0 Å². The zero-order valence-corrected chi connectivity index (χ0v) is 14.9. The van der Waals surface area contributed by atoms with E-state index in [9.17, 15) is 13.2 Å². The Morgan fingerprint density at radius 1 is 1.17 bits per heavy atom. The highest BCUT2D eigenvalue weighted by atomic mass is 32.2. The number of thioether (sulfide) groups is 1. The Kier molecular flexibility index (Phi) is 4.98. The van der Waals surface area contributed by atoms with Gasteiger partial charge in [0.15, 0.2) is 0 Å². The fraction of sp³-hybridized carbons (Fsp3) is 0.562. The van der Waals surface area contributed by atoms with Crippen molar-refractivity contribution in [3.05, 3.63) is 24.3 Å². The van der Waals surface area contributed by atoms with Crippen LogP contribution in [0.4, 0.5) is 5.69 Å². The van der Waals surface area contributed by atoms with Crippen molar-refractivity contribution in [1.29, 1.82) is 0 Å². The number of para-hydroxylation sites is 1. The van der Waals surface area contributed by atoms with E-state index in [2.05, 4.69) is 6.07 Å². The largest absolute Gasteiger partial charge is 0.311 e. The summed E-state index contributed by atoms with van der Waals surface area (Å²) in [6.45, 7) is 1.63. The molecule has 1 saturated heterocycles. The molecule has 1 aromatic rings. The van der Waals surface area contributed by atoms with Crippen molar-refractivity contribution in [2.24, 2.45) is 5.92 Å². The molecule has 0 unspecified atom stereocenters. The van der Waals surface area contributed by atoms with Crippen molar-refractivity contribution < 1.29 is 13.2 Å². The third-order valence-corrected chi connectivity index (χ3v) is 6.93. The Hall–Kier alpha value is -1.05. The monoisotopic (exact) mass is 354 g/mol. The van der Waals surface area contributed by atoms with Crippen molar-refractivity contribution in [3.8, 4) is 0 Å². The summed E-state index contributed by atoms with van der Waals surface area (Å²) < 4.78 is 24.7. The van der Waals surface area contributed by atoms with Gasteiger partial charge in [-0.2, -0.15) is 0 Å². The number of carbonyl (C=O) groups is 1. The smallest absolute Gasteiger partial charge is 0.230 e. The van der Waals surface area contributed by atoms with E-state index in [0.29, 0.717) is 25.9 Å². The summed E-state index contributed by atoms with van der Waals surface area (Å²) in [7, 11) is -3.15. The lowest BCUT2D eigenvalue weighted by Crippen LogP contribution is -2.44. The van der Waals surface area contributed by atoms with Gasteiger partial charge in [0.1, 0.15) is 0 Å². The molecule has 2 heterocycles. The SMILES string of the molecule is CS(=O)(=O)N1CCC(C(=O)N2CCCSc3ccccc32)CC1. The second-order valence-corrected chi connectivity index (χ2v) is 9.22. The molecular formula is C16H22N2O3S2. The minimum absolute atomic E-state index is 0.0795. The van der Waals surface area contributed by atoms with Crippen LogP contribution in [0.2, 0.25) is 0 Å². The quantitative estimate of drug-likeness (QED) is 0.817. The van der Waals surface area contributed by atoms with Gasteiger partial charge >= 0.3 is 0 Å². The van der Waals surface area contributed by atoms with Crippen molar-refractivity contribution in [2.75, 3.05) is 36.5 Å². The third kappa shape index (κ3) is 3.72. The Bertz CT molecular complexity index is 682. The molecule has 1 fully saturated rings. The van der Waals surface area contributed by atoms with Crippen molar-refractivity contribution in [2.45, 2.75) is 24.2 Å². The summed E-state index contributed by atoms with van der Waals surface area (Å²) in [4.78, 5) is 16.0. The van der Waals surface area contributed by atoms with E-state index in [4.69, 9.17) is 0 Å². The van der Waals surface area contributed by atoms with Crippen LogP contribution in [0.1, 0.15) is 19.3 Å². The summed E-state index contributed by atoms with van der Waals surface area (Å²) >= 11 is 1.80. The molecule has 0 atom stereocenters. The van der Waals surface area contributed by atoms with Crippen LogP contribution in [-0.4, -0.2) is 50.3 Å². The van der Waals surface area contributed by atoms with E-state index >= 15 is 0 Å². The summed E-state index contributed by atoms with van der Waals surface area (Å²) in [5, 5.41) is 0. The van der Waals surface area contributed by atoms with Crippen LogP contribution in [0.25, 0.3) is 0 Å². The molecule has 2 aliphatic rings. The Morgan fingerprint density at radius 2 is 1.87 bits per heavy atom. The number of rotatable bonds is 2. The number of carbonyl (C=O) groups excluding carboxylic acids is 1. The first kappa shape index (κ1) is 16.8. The van der Waals surface area contributed by atoms with E-state index < -0.39 is 10.0 Å². The van der Waals surface area contributed by atoms with Crippen LogP contribution in [0.5, 0.6) is 0 Å². The fourth-order valence-corrected chi connectivity index (χ4v) is 5.08. The topological polar surface area (TPSA) is 57.7 Å². The zero-order chi connectivity index (χ0) is 16.4. The molecule has 0 saturated carbocycles. The minimum Gasteiger partial charge on any atom is -0.311 e. The van der Waals surface area contributed by atoms with Gasteiger partial charge in [-0.1, -0.05) is 12.1 Å². The van der Waals surface area contributed by atoms with Gasteiger partial charge in [0, 0.05) is 30.4 Å². The van der Waals surface area contributed by atoms with Crippen LogP contribution in [0.3, 0.4) is 0 Å². The van der Waals surface area contributed by atoms with Gasteiger partial charge in [0.2, 0.25) is 15.9 Å². The molecule has 3 rings (SSSR count). The van der Waals surface area contributed by atoms with Gasteiger partial charge in [-0.05, 0) is 37.1 Å². The van der Waals surface area contributed by atoms with Crippen LogP contribution in [0, 0.1) is 5.92 Å². The number of nitrogens with zero attached hydrogens (tertiary/aromatic N) is 2. The lowest BCUT2D eigenvalue weighted by Gasteiger charge is -2.33. The van der Waals surface area contributed by atoms with Crippen LogP contribution in [0.15, 0.2) is 29.2 Å². The predicted octanol–water partition coefficient (Wildman–Crippen LogP) is 2.19. The van der Waals surface area contributed by atoms with Crippen molar-refractivity contribution in [1.82, 2.24) is 4.31 Å². The van der Waals surface area contributed by atoms with Gasteiger partial charge in [-0.15, -0.1) is 11.8 Å². The lowest BCUT2D eigenvalue weighted by molar-refractivity contribution is -0.123. The van der Waals surface area contributed by atoms with Gasteiger partial charge in [-0.25, -0.2) is 12.7 Å². The number of hydrogen-bond acceptors (Lipinski definition) is 4. The third-order valence-electron chi connectivity index (χ3n) is 4.48. The number of amides is 1. The standard InChI is InChI=1S/C16H22N2O3S2/c1-23(20,21)17-10-7-13(8-11-17)16(19)18-9-4-12-22-15-6-3-2-5-14(15)18/h2-3,5-6,13H,4,7-12H2,1H3. The molecule has 0 N–H and O–H groups in total. The summed E-state index contributed by atoms with van der Waals surface area (Å²) in [6, 6.07) is 8.05. The Labute approximate surface area is 142 Å². The number of sulfonamides is 1. The van der Waals surface area contributed by atoms with Gasteiger partial charge in [-0.3, -0.25) is 4.79 Å². The highest BCUT2D eigenvalue weighted by Gasteiger charge is 2.32. The Morgan fingerprint density at radius 3 is 2.57 bits per heavy atom. The maximum atomic E-state index is 13.0. The lowest BCUT2D eigenvalue weighted by atomic mass is 9.96. The van der Waals surface area contributed by atoms with E-state index in [1.807, 2.05) is 23.1 Å². The summed E-state index contributed by atoms with van der Waals surface area (Å²) in [5.41, 5.74) is 1.01. The van der Waals surface area contributed by atoms with Crippen molar-refractivity contribution in [3.63, 3.8) is 0 Å². The number of anilines is 1. The molecule has 126 valence electrons. The first-order valence-electron chi connectivity index (χ1n) is 7.95. The molecule has 2 aliphatic heterocycles. The number of piperidine rings is 1. The van der Waals surface area contributed by atoms with Gasteiger partial charge in [0.05, 0.1) is 11.9 Å². The Balaban J connectivity index is 1.74. The minimum atomic E-state index is -3.15. The molecule has 0 spiro atoms. The summed E-state index contributed by atoms with van der Waals surface area (Å²) in [5.74, 6) is 1.09. The maximum absolute atomic E-state index is 13.0. The first-order valence-corrected chi connectivity index (χ1v) is 10.8. The average Bonchev–Trinajstić information content (AvgIpc) is 2.76. The molecule has 0 aliphatic carbocycles. The van der Waals surface area contributed by atoms with E-state index in [1.54, 1.807) is 11.8 Å². The number of fused-ring (bicyclic) bond motifs is 1. The van der Waals surface area contributed by atoms with Crippen LogP contribution >= 0.6 is 11.8 Å². The molecule has 0 bridgehead atoms. The second kappa shape index (κ2) is 6.83. The maximum Gasteiger partial charge on any atom is 0.230 e. The average molecular weight is 354 g/mol. The van der Waals surface area contributed by atoms with Crippen LogP contribution < -0.4 is 4.90 Å². The first-order chi connectivity index (χ1) is 11.0. The number of hydrogen-bond donors (Lipinski definition) is 0. The van der Waals surface area contributed by atoms with Gasteiger partial charge < -0.3 is 4.90 Å². The molecule has 7 heteroatoms. The molecule has 0 aromatic heterocycles. The predicted molar refractivity (Wildman–Crippen MR) is 93.3 cm³/mol. The normalized spacial score (nSPS) is 20.8. The fourth-order valence-electron chi connectivity index (χ4n) is 3.21. The molecule has 5 nitrogen and oxygen atoms in total. The zero-order valence-electron chi connectivity index (χ0n) is 13.3. The van der Waals surface area contributed by atoms with Crippen LogP contribution in [-0.2, 0) is 14.8 Å². The van der Waals surface area contributed by atoms with Crippen molar-refractivity contribution >= 4 is 33.4 Å². The molecule has 1 aromatic carbocycles. The summed E-state index contributed by atoms with van der Waals surface area (Å²) in [6.07, 6.45) is 3.43. The molecular weight excluding hydrogens is 332 g/mol.